The van der Waals surface area contributed by atoms with Gasteiger partial charge in [0.25, 0.3) is 0 Å². The van der Waals surface area contributed by atoms with Crippen molar-refractivity contribution in [3.63, 3.8) is 0 Å². The number of hydrogen-bond acceptors (Lipinski definition) is 1. The molecule has 0 saturated carbocycles. The molecule has 11 heavy (non-hydrogen) atoms. The van der Waals surface area contributed by atoms with Gasteiger partial charge in [-0.1, -0.05) is 33.8 Å². The van der Waals surface area contributed by atoms with E-state index in [-0.39, 0.29) is 10.8 Å². The zero-order valence-electron chi connectivity index (χ0n) is 8.10. The lowest BCUT2D eigenvalue weighted by molar-refractivity contribution is 0.259. The molecule has 0 aliphatic carbocycles. The normalized spacial score (nSPS) is 26.5. The Kier molecular flexibility index (Phi) is 1.70. The lowest BCUT2D eigenvalue weighted by Crippen LogP contribution is -2.34. The molecule has 1 heteroatoms. The van der Waals surface area contributed by atoms with E-state index in [0.29, 0.717) is 0 Å². The Morgan fingerprint density at radius 3 is 2.00 bits per heavy atom. The van der Waals surface area contributed by atoms with Crippen LogP contribution in [0.3, 0.4) is 0 Å². The van der Waals surface area contributed by atoms with E-state index in [2.05, 4.69) is 45.0 Å². The SMILES string of the molecule is CC1=CC(C)(C)C(C)(C)C=N1. The molecule has 0 fully saturated rings. The molecular formula is C10H17N. The maximum absolute atomic E-state index is 4.31. The van der Waals surface area contributed by atoms with Crippen LogP contribution in [-0.2, 0) is 0 Å². The average molecular weight is 151 g/mol. The molecule has 62 valence electrons. The fourth-order valence-corrected chi connectivity index (χ4v) is 1.18. The van der Waals surface area contributed by atoms with Crippen LogP contribution >= 0.6 is 0 Å². The summed E-state index contributed by atoms with van der Waals surface area (Å²) in [5.41, 5.74) is 1.56. The molecule has 0 radical (unpaired) electrons. The van der Waals surface area contributed by atoms with E-state index in [4.69, 9.17) is 0 Å². The van der Waals surface area contributed by atoms with Crippen LogP contribution in [0.4, 0.5) is 0 Å². The first-order valence-electron chi connectivity index (χ1n) is 4.10. The third-order valence-corrected chi connectivity index (χ3v) is 2.82. The zero-order valence-corrected chi connectivity index (χ0v) is 8.10. The summed E-state index contributed by atoms with van der Waals surface area (Å²) in [5.74, 6) is 0. The highest BCUT2D eigenvalue weighted by Gasteiger charge is 2.35. The molecule has 0 atom stereocenters. The van der Waals surface area contributed by atoms with Crippen molar-refractivity contribution in [3.05, 3.63) is 11.8 Å². The molecular weight excluding hydrogens is 134 g/mol. The standard InChI is InChI=1S/C10H17N/c1-8-6-9(2,3)10(4,5)7-11-8/h6-7H,1-5H3. The maximum atomic E-state index is 4.31. The third kappa shape index (κ3) is 1.37. The van der Waals surface area contributed by atoms with Gasteiger partial charge in [0, 0.05) is 17.3 Å². The van der Waals surface area contributed by atoms with Crippen molar-refractivity contribution in [2.45, 2.75) is 34.6 Å². The van der Waals surface area contributed by atoms with Crippen molar-refractivity contribution in [2.24, 2.45) is 15.8 Å². The van der Waals surface area contributed by atoms with Gasteiger partial charge < -0.3 is 0 Å². The quantitative estimate of drug-likeness (QED) is 0.504. The molecule has 0 aromatic carbocycles. The van der Waals surface area contributed by atoms with Crippen LogP contribution in [0.25, 0.3) is 0 Å². The average Bonchev–Trinajstić information content (AvgIpc) is 1.80. The van der Waals surface area contributed by atoms with E-state index in [1.54, 1.807) is 0 Å². The molecule has 0 amide bonds. The Bertz CT molecular complexity index is 219. The lowest BCUT2D eigenvalue weighted by Gasteiger charge is -2.38. The largest absolute Gasteiger partial charge is 0.266 e. The maximum Gasteiger partial charge on any atom is 0.0334 e. The molecule has 1 aliphatic heterocycles. The zero-order chi connectivity index (χ0) is 8.70. The summed E-state index contributed by atoms with van der Waals surface area (Å²) < 4.78 is 0. The second kappa shape index (κ2) is 2.20. The number of allylic oxidation sites excluding steroid dienone is 2. The molecule has 1 nitrogen and oxygen atoms in total. The summed E-state index contributed by atoms with van der Waals surface area (Å²) in [4.78, 5) is 4.31. The van der Waals surface area contributed by atoms with Crippen LogP contribution < -0.4 is 0 Å². The number of aliphatic imine (C=N–C) groups is 1. The van der Waals surface area contributed by atoms with Crippen molar-refractivity contribution in [3.8, 4) is 0 Å². The van der Waals surface area contributed by atoms with Gasteiger partial charge in [-0.2, -0.15) is 0 Å². The molecule has 0 spiro atoms. The smallest absolute Gasteiger partial charge is 0.0334 e. The minimum atomic E-state index is 0.187. The summed E-state index contributed by atoms with van der Waals surface area (Å²) >= 11 is 0. The van der Waals surface area contributed by atoms with Gasteiger partial charge in [0.1, 0.15) is 0 Å². The first kappa shape index (κ1) is 8.51. The topological polar surface area (TPSA) is 12.4 Å². The first-order chi connectivity index (χ1) is 4.85. The fourth-order valence-electron chi connectivity index (χ4n) is 1.18. The van der Waals surface area contributed by atoms with Crippen LogP contribution in [0.2, 0.25) is 0 Å². The van der Waals surface area contributed by atoms with Gasteiger partial charge in [-0.15, -0.1) is 0 Å². The van der Waals surface area contributed by atoms with Crippen LogP contribution in [0.5, 0.6) is 0 Å². The fraction of sp³-hybridized carbons (Fsp3) is 0.700. The second-order valence-corrected chi connectivity index (χ2v) is 4.49. The predicted molar refractivity (Wildman–Crippen MR) is 49.8 cm³/mol. The molecule has 0 N–H and O–H groups in total. The van der Waals surface area contributed by atoms with E-state index in [9.17, 15) is 0 Å². The highest BCUT2D eigenvalue weighted by atomic mass is 14.8. The lowest BCUT2D eigenvalue weighted by atomic mass is 9.67. The Balaban J connectivity index is 3.04. The Labute approximate surface area is 69.2 Å². The minimum Gasteiger partial charge on any atom is -0.266 e. The Morgan fingerprint density at radius 1 is 1.09 bits per heavy atom. The van der Waals surface area contributed by atoms with Gasteiger partial charge in [-0.05, 0) is 12.3 Å². The van der Waals surface area contributed by atoms with Gasteiger partial charge in [0.05, 0.1) is 0 Å². The number of nitrogens with zero attached hydrogens (tertiary/aromatic N) is 1. The predicted octanol–water partition coefficient (Wildman–Crippen LogP) is 3.03. The van der Waals surface area contributed by atoms with Crippen molar-refractivity contribution < 1.29 is 0 Å². The molecule has 1 rings (SSSR count). The summed E-state index contributed by atoms with van der Waals surface area (Å²) in [6.07, 6.45) is 4.30. The van der Waals surface area contributed by atoms with Crippen LogP contribution in [0.15, 0.2) is 16.8 Å². The van der Waals surface area contributed by atoms with E-state index < -0.39 is 0 Å². The number of rotatable bonds is 0. The summed E-state index contributed by atoms with van der Waals surface area (Å²) in [5, 5.41) is 0. The van der Waals surface area contributed by atoms with Gasteiger partial charge in [-0.25, -0.2) is 0 Å². The molecule has 0 aromatic rings. The van der Waals surface area contributed by atoms with Gasteiger partial charge >= 0.3 is 0 Å². The van der Waals surface area contributed by atoms with E-state index in [1.165, 1.54) is 0 Å². The third-order valence-electron chi connectivity index (χ3n) is 2.82. The Hall–Kier alpha value is -0.590. The van der Waals surface area contributed by atoms with Gasteiger partial charge in [0.2, 0.25) is 0 Å². The van der Waals surface area contributed by atoms with Crippen LogP contribution in [-0.4, -0.2) is 6.21 Å². The molecule has 0 saturated heterocycles. The first-order valence-corrected chi connectivity index (χ1v) is 4.10. The molecule has 1 aliphatic rings. The molecule has 0 unspecified atom stereocenters. The highest BCUT2D eigenvalue weighted by molar-refractivity contribution is 5.69. The van der Waals surface area contributed by atoms with Crippen molar-refractivity contribution >= 4 is 6.21 Å². The molecule has 0 aromatic heterocycles. The van der Waals surface area contributed by atoms with Crippen molar-refractivity contribution in [1.82, 2.24) is 0 Å². The summed E-state index contributed by atoms with van der Waals surface area (Å²) in [6, 6.07) is 0. The van der Waals surface area contributed by atoms with Crippen molar-refractivity contribution in [2.75, 3.05) is 0 Å². The van der Waals surface area contributed by atoms with Crippen LogP contribution in [0.1, 0.15) is 34.6 Å². The summed E-state index contributed by atoms with van der Waals surface area (Å²) in [7, 11) is 0. The minimum absolute atomic E-state index is 0.187. The van der Waals surface area contributed by atoms with Gasteiger partial charge in [0.15, 0.2) is 0 Å². The van der Waals surface area contributed by atoms with Gasteiger partial charge in [-0.3, -0.25) is 4.99 Å². The van der Waals surface area contributed by atoms with E-state index in [0.717, 1.165) is 5.70 Å². The van der Waals surface area contributed by atoms with Crippen molar-refractivity contribution in [1.29, 1.82) is 0 Å². The highest BCUT2D eigenvalue weighted by Crippen LogP contribution is 2.41. The van der Waals surface area contributed by atoms with Crippen LogP contribution in [0, 0.1) is 10.8 Å². The summed E-state index contributed by atoms with van der Waals surface area (Å²) in [6.45, 7) is 11.0. The monoisotopic (exact) mass is 151 g/mol. The second-order valence-electron chi connectivity index (χ2n) is 4.49. The number of hydrogen-bond donors (Lipinski definition) is 0. The molecule has 0 bridgehead atoms. The van der Waals surface area contributed by atoms with E-state index in [1.807, 2.05) is 6.92 Å². The molecule has 1 heterocycles. The Morgan fingerprint density at radius 2 is 1.64 bits per heavy atom. The van der Waals surface area contributed by atoms with E-state index >= 15 is 0 Å².